The Hall–Kier alpha value is -3.01. The highest BCUT2D eigenvalue weighted by Gasteiger charge is 2.34. The van der Waals surface area contributed by atoms with Gasteiger partial charge in [-0.3, -0.25) is 4.98 Å². The lowest BCUT2D eigenvalue weighted by Gasteiger charge is -2.12. The van der Waals surface area contributed by atoms with Crippen molar-refractivity contribution in [3.8, 4) is 11.4 Å². The number of aryl methyl sites for hydroxylation is 1. The Morgan fingerprint density at radius 1 is 1.07 bits per heavy atom. The van der Waals surface area contributed by atoms with Gasteiger partial charge in [-0.05, 0) is 36.2 Å². The van der Waals surface area contributed by atoms with Crippen molar-refractivity contribution in [2.24, 2.45) is 0 Å². The first kappa shape index (κ1) is 20.7. The molecule has 2 aromatic heterocycles. The maximum Gasteiger partial charge on any atom is 0.433 e. The van der Waals surface area contributed by atoms with E-state index in [1.165, 1.54) is 12.4 Å². The molecule has 0 aliphatic carbocycles. The molecule has 0 aliphatic heterocycles. The van der Waals surface area contributed by atoms with Crippen LogP contribution in [0.3, 0.4) is 0 Å². The van der Waals surface area contributed by atoms with Gasteiger partial charge in [-0.25, -0.2) is 18.4 Å². The summed E-state index contributed by atoms with van der Waals surface area (Å²) in [4.78, 5) is 11.7. The highest BCUT2D eigenvalue weighted by atomic mass is 32.2. The summed E-state index contributed by atoms with van der Waals surface area (Å²) in [5.41, 5.74) is 0.601. The van der Waals surface area contributed by atoms with Crippen LogP contribution in [0.15, 0.2) is 54.9 Å². The van der Waals surface area contributed by atoms with Crippen LogP contribution in [0.4, 0.5) is 24.7 Å². The summed E-state index contributed by atoms with van der Waals surface area (Å²) in [5, 5.41) is 2.84. The summed E-state index contributed by atoms with van der Waals surface area (Å²) >= 11 is 0. The van der Waals surface area contributed by atoms with Crippen LogP contribution in [0, 0.1) is 0 Å². The fourth-order valence-electron chi connectivity index (χ4n) is 2.49. The zero-order valence-electron chi connectivity index (χ0n) is 15.3. The quantitative estimate of drug-likeness (QED) is 0.649. The number of alkyl halides is 3. The maximum atomic E-state index is 13.3. The van der Waals surface area contributed by atoms with E-state index in [-0.39, 0.29) is 17.4 Å². The Morgan fingerprint density at radius 3 is 2.38 bits per heavy atom. The van der Waals surface area contributed by atoms with E-state index in [4.69, 9.17) is 0 Å². The first-order valence-electron chi connectivity index (χ1n) is 8.50. The zero-order chi connectivity index (χ0) is 21.1. The van der Waals surface area contributed by atoms with Crippen molar-refractivity contribution >= 4 is 21.3 Å². The third-order valence-electron chi connectivity index (χ3n) is 3.92. The molecule has 6 nitrogen and oxygen atoms in total. The molecular weight excluding hydrogens is 405 g/mol. The maximum absolute atomic E-state index is 13.3. The van der Waals surface area contributed by atoms with E-state index in [2.05, 4.69) is 20.3 Å². The van der Waals surface area contributed by atoms with Crippen LogP contribution in [0.2, 0.25) is 0 Å². The molecule has 0 aliphatic rings. The average molecular weight is 422 g/mol. The lowest BCUT2D eigenvalue weighted by Crippen LogP contribution is -2.11. The summed E-state index contributed by atoms with van der Waals surface area (Å²) in [6.45, 7) is 0. The molecule has 1 aromatic carbocycles. The van der Waals surface area contributed by atoms with Crippen molar-refractivity contribution in [1.82, 2.24) is 15.0 Å². The SMILES string of the molecule is CS(=O)(=O)CCc1ccc(Nc2cc(C(F)(F)F)nc(-c3cccnc3)n2)cc1. The molecule has 0 bridgehead atoms. The van der Waals surface area contributed by atoms with Gasteiger partial charge in [0.15, 0.2) is 11.5 Å². The number of anilines is 2. The van der Waals surface area contributed by atoms with Gasteiger partial charge in [0.2, 0.25) is 0 Å². The summed E-state index contributed by atoms with van der Waals surface area (Å²) in [6, 6.07) is 10.7. The van der Waals surface area contributed by atoms with Crippen molar-refractivity contribution in [3.05, 3.63) is 66.1 Å². The van der Waals surface area contributed by atoms with E-state index in [1.807, 2.05) is 0 Å². The fourth-order valence-corrected chi connectivity index (χ4v) is 3.09. The van der Waals surface area contributed by atoms with Crippen LogP contribution in [-0.2, 0) is 22.4 Å². The molecule has 152 valence electrons. The molecular formula is C19H17F3N4O2S. The minimum Gasteiger partial charge on any atom is -0.340 e. The zero-order valence-corrected chi connectivity index (χ0v) is 16.1. The Morgan fingerprint density at radius 2 is 1.79 bits per heavy atom. The molecule has 0 unspecified atom stereocenters. The summed E-state index contributed by atoms with van der Waals surface area (Å²) < 4.78 is 62.3. The van der Waals surface area contributed by atoms with Gasteiger partial charge in [-0.15, -0.1) is 0 Å². The molecule has 0 saturated heterocycles. The molecule has 1 N–H and O–H groups in total. The Balaban J connectivity index is 1.86. The number of hydrogen-bond acceptors (Lipinski definition) is 6. The smallest absolute Gasteiger partial charge is 0.340 e. The van der Waals surface area contributed by atoms with E-state index >= 15 is 0 Å². The lowest BCUT2D eigenvalue weighted by atomic mass is 10.1. The Labute approximate surface area is 165 Å². The van der Waals surface area contributed by atoms with Crippen LogP contribution in [0.25, 0.3) is 11.4 Å². The van der Waals surface area contributed by atoms with Gasteiger partial charge in [0, 0.05) is 36.0 Å². The van der Waals surface area contributed by atoms with Gasteiger partial charge in [0.25, 0.3) is 0 Å². The minimum absolute atomic E-state index is 0.0185. The van der Waals surface area contributed by atoms with Crippen LogP contribution in [0.1, 0.15) is 11.3 Å². The van der Waals surface area contributed by atoms with Gasteiger partial charge in [-0.1, -0.05) is 12.1 Å². The number of nitrogens with one attached hydrogen (secondary N) is 1. The topological polar surface area (TPSA) is 84.8 Å². The van der Waals surface area contributed by atoms with Crippen LogP contribution >= 0.6 is 0 Å². The van der Waals surface area contributed by atoms with Gasteiger partial charge in [0.05, 0.1) is 5.75 Å². The molecule has 0 saturated carbocycles. The Bertz CT molecular complexity index is 1090. The van der Waals surface area contributed by atoms with E-state index in [0.29, 0.717) is 17.7 Å². The van der Waals surface area contributed by atoms with Crippen molar-refractivity contribution < 1.29 is 21.6 Å². The molecule has 3 aromatic rings. The molecule has 3 rings (SSSR count). The first-order valence-corrected chi connectivity index (χ1v) is 10.6. The molecule has 0 fully saturated rings. The molecule has 10 heteroatoms. The van der Waals surface area contributed by atoms with Crippen molar-refractivity contribution in [1.29, 1.82) is 0 Å². The molecule has 0 radical (unpaired) electrons. The predicted molar refractivity (Wildman–Crippen MR) is 103 cm³/mol. The van der Waals surface area contributed by atoms with Crippen LogP contribution < -0.4 is 5.32 Å². The van der Waals surface area contributed by atoms with Gasteiger partial charge < -0.3 is 5.32 Å². The minimum atomic E-state index is -4.63. The van der Waals surface area contributed by atoms with E-state index < -0.39 is 21.7 Å². The third-order valence-corrected chi connectivity index (χ3v) is 4.87. The number of rotatable bonds is 6. The van der Waals surface area contributed by atoms with Gasteiger partial charge in [-0.2, -0.15) is 13.2 Å². The number of pyridine rings is 1. The molecule has 29 heavy (non-hydrogen) atoms. The monoisotopic (exact) mass is 422 g/mol. The first-order chi connectivity index (χ1) is 13.6. The normalized spacial score (nSPS) is 12.0. The number of sulfone groups is 1. The highest BCUT2D eigenvalue weighted by Crippen LogP contribution is 2.31. The summed E-state index contributed by atoms with van der Waals surface area (Å²) in [6.07, 6.45) is -0.227. The van der Waals surface area contributed by atoms with Crippen LogP contribution in [-0.4, -0.2) is 35.4 Å². The third kappa shape index (κ3) is 5.98. The number of hydrogen-bond donors (Lipinski definition) is 1. The van der Waals surface area contributed by atoms with Crippen molar-refractivity contribution in [2.45, 2.75) is 12.6 Å². The second-order valence-corrected chi connectivity index (χ2v) is 8.66. The fraction of sp³-hybridized carbons (Fsp3) is 0.211. The highest BCUT2D eigenvalue weighted by molar-refractivity contribution is 7.90. The van der Waals surface area contributed by atoms with E-state index in [1.54, 1.807) is 36.4 Å². The average Bonchev–Trinajstić information content (AvgIpc) is 2.67. The summed E-state index contributed by atoms with van der Waals surface area (Å²) in [5.74, 6) is -0.0926. The van der Waals surface area contributed by atoms with Crippen molar-refractivity contribution in [3.63, 3.8) is 0 Å². The second kappa shape index (κ2) is 8.16. The molecule has 0 atom stereocenters. The van der Waals surface area contributed by atoms with Crippen molar-refractivity contribution in [2.75, 3.05) is 17.3 Å². The van der Waals surface area contributed by atoms with Gasteiger partial charge >= 0.3 is 6.18 Å². The second-order valence-electron chi connectivity index (χ2n) is 6.40. The van der Waals surface area contributed by atoms with E-state index in [9.17, 15) is 21.6 Å². The standard InChI is InChI=1S/C19H17F3N4O2S/c1-29(27,28)10-8-13-4-6-15(7-5-13)24-17-11-16(19(20,21)22)25-18(26-17)14-3-2-9-23-12-14/h2-7,9,11-12H,8,10H2,1H3,(H,24,25,26). The molecule has 2 heterocycles. The predicted octanol–water partition coefficient (Wildman–Crippen LogP) is 3.89. The Kier molecular flexibility index (Phi) is 5.83. The number of halogens is 3. The lowest BCUT2D eigenvalue weighted by molar-refractivity contribution is -0.141. The number of benzene rings is 1. The molecule has 0 amide bonds. The largest absolute Gasteiger partial charge is 0.433 e. The number of aromatic nitrogens is 3. The summed E-state index contributed by atoms with van der Waals surface area (Å²) in [7, 11) is -3.08. The van der Waals surface area contributed by atoms with E-state index in [0.717, 1.165) is 17.9 Å². The molecule has 0 spiro atoms. The van der Waals surface area contributed by atoms with Crippen LogP contribution in [0.5, 0.6) is 0 Å². The number of nitrogens with zero attached hydrogens (tertiary/aromatic N) is 3. The van der Waals surface area contributed by atoms with Gasteiger partial charge in [0.1, 0.15) is 15.7 Å².